The molecule has 94 valence electrons. The summed E-state index contributed by atoms with van der Waals surface area (Å²) in [5, 5.41) is 8.66. The molecule has 2 rings (SSSR count). The van der Waals surface area contributed by atoms with E-state index in [1.807, 2.05) is 0 Å². The standard InChI is InChI=1S/C11H6BrClFNO3/c1-18-6-2-5-7(10(14)8(6)12)9(13)4(3-15-5)11(16)17/h2-3H,1H3,(H,16,17). The van der Waals surface area contributed by atoms with Crippen LogP contribution in [0.25, 0.3) is 10.9 Å². The van der Waals surface area contributed by atoms with E-state index in [4.69, 9.17) is 21.4 Å². The Kier molecular flexibility index (Phi) is 3.41. The summed E-state index contributed by atoms with van der Waals surface area (Å²) in [6.07, 6.45) is 1.08. The van der Waals surface area contributed by atoms with Gasteiger partial charge in [0.2, 0.25) is 0 Å². The zero-order chi connectivity index (χ0) is 13.4. The summed E-state index contributed by atoms with van der Waals surface area (Å²) >= 11 is 8.91. The first kappa shape index (κ1) is 13.0. The molecule has 0 aliphatic carbocycles. The Bertz CT molecular complexity index is 663. The number of halogens is 3. The molecule has 0 fully saturated rings. The zero-order valence-corrected chi connectivity index (χ0v) is 11.3. The molecule has 0 aliphatic rings. The van der Waals surface area contributed by atoms with Crippen LogP contribution in [0.15, 0.2) is 16.7 Å². The van der Waals surface area contributed by atoms with Crippen LogP contribution in [-0.4, -0.2) is 23.2 Å². The van der Waals surface area contributed by atoms with Crippen LogP contribution in [0, 0.1) is 5.82 Å². The highest BCUT2D eigenvalue weighted by molar-refractivity contribution is 9.10. The third-order valence-corrected chi connectivity index (χ3v) is 3.52. The molecule has 1 aromatic carbocycles. The Morgan fingerprint density at radius 3 is 2.83 bits per heavy atom. The van der Waals surface area contributed by atoms with E-state index in [0.29, 0.717) is 0 Å². The summed E-state index contributed by atoms with van der Waals surface area (Å²) in [5.74, 6) is -1.71. The molecular weight excluding hydrogens is 328 g/mol. The molecule has 2 aromatic rings. The number of methoxy groups -OCH3 is 1. The first-order valence-electron chi connectivity index (χ1n) is 4.70. The van der Waals surface area contributed by atoms with Gasteiger partial charge in [0.1, 0.15) is 5.75 Å². The first-order chi connectivity index (χ1) is 8.47. The smallest absolute Gasteiger partial charge is 0.338 e. The number of aromatic nitrogens is 1. The summed E-state index contributed by atoms with van der Waals surface area (Å²) in [6.45, 7) is 0. The number of aromatic carboxylic acids is 1. The zero-order valence-electron chi connectivity index (χ0n) is 9.00. The minimum atomic E-state index is -1.26. The summed E-state index contributed by atoms with van der Waals surface area (Å²) in [4.78, 5) is 14.8. The van der Waals surface area contributed by atoms with Gasteiger partial charge in [-0.2, -0.15) is 0 Å². The maximum atomic E-state index is 14.1. The van der Waals surface area contributed by atoms with Crippen LogP contribution < -0.4 is 4.74 Å². The molecule has 1 heterocycles. The SMILES string of the molecule is COc1cc2ncc(C(=O)O)c(Cl)c2c(F)c1Br. The van der Waals surface area contributed by atoms with E-state index in [0.717, 1.165) is 6.20 Å². The highest BCUT2D eigenvalue weighted by atomic mass is 79.9. The fourth-order valence-electron chi connectivity index (χ4n) is 1.52. The molecule has 4 nitrogen and oxygen atoms in total. The topological polar surface area (TPSA) is 59.4 Å². The second kappa shape index (κ2) is 4.70. The largest absolute Gasteiger partial charge is 0.495 e. The van der Waals surface area contributed by atoms with Crippen LogP contribution in [-0.2, 0) is 0 Å². The minimum absolute atomic E-state index is 0.0516. The van der Waals surface area contributed by atoms with E-state index in [-0.39, 0.29) is 31.7 Å². The summed E-state index contributed by atoms with van der Waals surface area (Å²) in [6, 6.07) is 1.47. The molecular formula is C11H6BrClFNO3. The fraction of sp³-hybridized carbons (Fsp3) is 0.0909. The molecule has 0 saturated heterocycles. The van der Waals surface area contributed by atoms with Crippen molar-refractivity contribution in [3.63, 3.8) is 0 Å². The van der Waals surface area contributed by atoms with Crippen molar-refractivity contribution in [2.75, 3.05) is 7.11 Å². The number of fused-ring (bicyclic) bond motifs is 1. The fourth-order valence-corrected chi connectivity index (χ4v) is 2.31. The molecule has 0 amide bonds. The number of rotatable bonds is 2. The number of benzene rings is 1. The number of nitrogens with zero attached hydrogens (tertiary/aromatic N) is 1. The van der Waals surface area contributed by atoms with Gasteiger partial charge in [0.25, 0.3) is 0 Å². The average Bonchev–Trinajstić information content (AvgIpc) is 2.33. The lowest BCUT2D eigenvalue weighted by Gasteiger charge is -2.09. The van der Waals surface area contributed by atoms with Crippen LogP contribution in [0.3, 0.4) is 0 Å². The summed E-state index contributed by atoms with van der Waals surface area (Å²) in [7, 11) is 1.39. The summed E-state index contributed by atoms with van der Waals surface area (Å²) < 4.78 is 19.1. The number of hydrogen-bond acceptors (Lipinski definition) is 3. The van der Waals surface area contributed by atoms with Crippen molar-refractivity contribution < 1.29 is 19.0 Å². The van der Waals surface area contributed by atoms with Crippen molar-refractivity contribution in [2.45, 2.75) is 0 Å². The quantitative estimate of drug-likeness (QED) is 0.913. The van der Waals surface area contributed by atoms with E-state index in [1.54, 1.807) is 0 Å². The highest BCUT2D eigenvalue weighted by Crippen LogP contribution is 2.37. The Morgan fingerprint density at radius 1 is 1.61 bits per heavy atom. The lowest BCUT2D eigenvalue weighted by Crippen LogP contribution is -2.01. The van der Waals surface area contributed by atoms with Crippen LogP contribution in [0.2, 0.25) is 5.02 Å². The van der Waals surface area contributed by atoms with Gasteiger partial charge in [-0.1, -0.05) is 11.6 Å². The molecule has 0 atom stereocenters. The van der Waals surface area contributed by atoms with Crippen LogP contribution in [0.4, 0.5) is 4.39 Å². The van der Waals surface area contributed by atoms with Gasteiger partial charge in [-0.15, -0.1) is 0 Å². The van der Waals surface area contributed by atoms with E-state index >= 15 is 0 Å². The number of pyridine rings is 1. The Morgan fingerprint density at radius 2 is 2.28 bits per heavy atom. The number of carboxylic acids is 1. The van der Waals surface area contributed by atoms with Crippen molar-refractivity contribution in [2.24, 2.45) is 0 Å². The van der Waals surface area contributed by atoms with Crippen LogP contribution in [0.1, 0.15) is 10.4 Å². The van der Waals surface area contributed by atoms with Crippen molar-refractivity contribution in [1.82, 2.24) is 4.98 Å². The molecule has 0 saturated carbocycles. The molecule has 0 aliphatic heterocycles. The molecule has 0 spiro atoms. The van der Waals surface area contributed by atoms with E-state index in [2.05, 4.69) is 20.9 Å². The minimum Gasteiger partial charge on any atom is -0.495 e. The number of hydrogen-bond donors (Lipinski definition) is 1. The second-order valence-electron chi connectivity index (χ2n) is 3.39. The number of carboxylic acid groups (broad SMARTS) is 1. The van der Waals surface area contributed by atoms with Crippen LogP contribution in [0.5, 0.6) is 5.75 Å². The van der Waals surface area contributed by atoms with Gasteiger partial charge in [0, 0.05) is 12.3 Å². The van der Waals surface area contributed by atoms with Gasteiger partial charge < -0.3 is 9.84 Å². The molecule has 0 unspecified atom stereocenters. The Balaban J connectivity index is 2.90. The van der Waals surface area contributed by atoms with Gasteiger partial charge in [-0.3, -0.25) is 4.98 Å². The number of ether oxygens (including phenoxy) is 1. The van der Waals surface area contributed by atoms with Crippen LogP contribution >= 0.6 is 27.5 Å². The molecule has 0 radical (unpaired) electrons. The van der Waals surface area contributed by atoms with E-state index in [1.165, 1.54) is 13.2 Å². The normalized spacial score (nSPS) is 10.7. The van der Waals surface area contributed by atoms with E-state index < -0.39 is 11.8 Å². The Labute approximate surface area is 114 Å². The molecule has 0 bridgehead atoms. The van der Waals surface area contributed by atoms with Crippen molar-refractivity contribution >= 4 is 44.4 Å². The van der Waals surface area contributed by atoms with Gasteiger partial charge in [0.15, 0.2) is 5.82 Å². The monoisotopic (exact) mass is 333 g/mol. The molecule has 1 aromatic heterocycles. The predicted octanol–water partition coefficient (Wildman–Crippen LogP) is 3.50. The van der Waals surface area contributed by atoms with Gasteiger partial charge in [-0.05, 0) is 15.9 Å². The third kappa shape index (κ3) is 1.91. The molecule has 18 heavy (non-hydrogen) atoms. The summed E-state index contributed by atoms with van der Waals surface area (Å²) in [5.41, 5.74) is -0.0253. The first-order valence-corrected chi connectivity index (χ1v) is 5.88. The maximum Gasteiger partial charge on any atom is 0.338 e. The second-order valence-corrected chi connectivity index (χ2v) is 4.56. The van der Waals surface area contributed by atoms with Crippen molar-refractivity contribution in [3.8, 4) is 5.75 Å². The third-order valence-electron chi connectivity index (χ3n) is 2.39. The maximum absolute atomic E-state index is 14.1. The lowest BCUT2D eigenvalue weighted by molar-refractivity contribution is 0.0697. The Hall–Kier alpha value is -1.40. The van der Waals surface area contributed by atoms with Gasteiger partial charge >= 0.3 is 5.97 Å². The van der Waals surface area contributed by atoms with Crippen molar-refractivity contribution in [3.05, 3.63) is 33.1 Å². The van der Waals surface area contributed by atoms with Gasteiger partial charge in [-0.25, -0.2) is 9.18 Å². The molecule has 7 heteroatoms. The van der Waals surface area contributed by atoms with E-state index in [9.17, 15) is 9.18 Å². The highest BCUT2D eigenvalue weighted by Gasteiger charge is 2.19. The molecule has 1 N–H and O–H groups in total. The lowest BCUT2D eigenvalue weighted by atomic mass is 10.1. The van der Waals surface area contributed by atoms with Gasteiger partial charge in [0.05, 0.1) is 33.1 Å². The predicted molar refractivity (Wildman–Crippen MR) is 67.9 cm³/mol. The number of carbonyl (C=O) groups is 1. The average molecular weight is 335 g/mol. The van der Waals surface area contributed by atoms with Crippen molar-refractivity contribution in [1.29, 1.82) is 0 Å².